The predicted octanol–water partition coefficient (Wildman–Crippen LogP) is 2.93. The molecule has 0 N–H and O–H groups in total. The fourth-order valence-corrected chi connectivity index (χ4v) is 3.11. The topological polar surface area (TPSA) is 13.1 Å². The van der Waals surface area contributed by atoms with E-state index in [2.05, 4.69) is 39.8 Å². The van der Waals surface area contributed by atoms with Crippen LogP contribution >= 0.6 is 16.8 Å². The van der Waals surface area contributed by atoms with Gasteiger partial charge in [0.1, 0.15) is 11.2 Å². The Morgan fingerprint density at radius 3 is 3.00 bits per heavy atom. The van der Waals surface area contributed by atoms with Crippen LogP contribution in [0.5, 0.6) is 0 Å². The summed E-state index contributed by atoms with van der Waals surface area (Å²) < 4.78 is 5.83. The molecular weight excluding hydrogens is 246 g/mol. The maximum Gasteiger partial charge on any atom is 0.135 e. The van der Waals surface area contributed by atoms with Crippen LogP contribution in [-0.4, -0.2) is 12.5 Å². The van der Waals surface area contributed by atoms with Crippen molar-refractivity contribution >= 4 is 40.6 Å². The predicted molar refractivity (Wildman–Crippen MR) is 81.6 cm³/mol. The molecule has 86 valence electrons. The van der Waals surface area contributed by atoms with Gasteiger partial charge in [-0.15, -0.1) is 8.86 Å². The Morgan fingerprint density at radius 1 is 1.47 bits per heavy atom. The Balaban J connectivity index is 2.72. The summed E-state index contributed by atoms with van der Waals surface area (Å²) in [5.41, 5.74) is 2.00. The lowest BCUT2D eigenvalue weighted by Crippen LogP contribution is -2.21. The Labute approximate surface area is 105 Å². The van der Waals surface area contributed by atoms with Crippen molar-refractivity contribution in [1.29, 1.82) is 0 Å². The summed E-state index contributed by atoms with van der Waals surface area (Å²) in [6.07, 6.45) is 9.63. The summed E-state index contributed by atoms with van der Waals surface area (Å²) in [6, 6.07) is 0. The second kappa shape index (κ2) is 5.45. The number of furan rings is 1. The van der Waals surface area contributed by atoms with Gasteiger partial charge in [0.05, 0.1) is 0 Å². The second-order valence-electron chi connectivity index (χ2n) is 3.70. The fourth-order valence-electron chi connectivity index (χ4n) is 1.69. The molecule has 1 aromatic rings. The molecule has 0 fully saturated rings. The van der Waals surface area contributed by atoms with Crippen LogP contribution in [0.25, 0.3) is 18.0 Å². The Hall–Kier alpha value is -1.16. The number of rotatable bonds is 3. The van der Waals surface area contributed by atoms with E-state index in [1.807, 2.05) is 24.0 Å². The quantitative estimate of drug-likeness (QED) is 0.601. The molecule has 1 unspecified atom stereocenters. The fraction of sp³-hybridized carbons (Fsp3) is 0.0714. The summed E-state index contributed by atoms with van der Waals surface area (Å²) in [5.74, 6) is 7.24. The average Bonchev–Trinajstić information content (AvgIpc) is 2.53. The molecule has 1 aliphatic rings. The highest BCUT2D eigenvalue weighted by Crippen LogP contribution is 2.34. The van der Waals surface area contributed by atoms with Gasteiger partial charge >= 0.3 is 0 Å². The van der Waals surface area contributed by atoms with Gasteiger partial charge in [0.15, 0.2) is 0 Å². The molecule has 0 saturated carbocycles. The number of hydrogen-bond acceptors (Lipinski definition) is 1. The summed E-state index contributed by atoms with van der Waals surface area (Å²) in [7, 11) is 3.25. The monoisotopic (exact) mass is 260 g/mol. The molecule has 0 aliphatic carbocycles. The molecule has 0 aromatic carbocycles. The average molecular weight is 260 g/mol. The summed E-state index contributed by atoms with van der Waals surface area (Å²) in [4.78, 5) is 0. The van der Waals surface area contributed by atoms with Crippen LogP contribution in [0.4, 0.5) is 0 Å². The molecule has 1 aliphatic heterocycles. The van der Waals surface area contributed by atoms with Crippen molar-refractivity contribution in [1.82, 2.24) is 0 Å². The van der Waals surface area contributed by atoms with E-state index in [0.717, 1.165) is 16.7 Å². The van der Waals surface area contributed by atoms with E-state index in [4.69, 9.17) is 4.42 Å². The van der Waals surface area contributed by atoms with Gasteiger partial charge in [0, 0.05) is 10.8 Å². The first-order valence-corrected chi connectivity index (χ1v) is 7.81. The minimum atomic E-state index is -0.209. The molecule has 17 heavy (non-hydrogen) atoms. The molecule has 0 spiro atoms. The Bertz CT molecular complexity index is 617. The minimum Gasteiger partial charge on any atom is -0.456 e. The van der Waals surface area contributed by atoms with Crippen LogP contribution in [0.3, 0.4) is 0 Å². The van der Waals surface area contributed by atoms with Gasteiger partial charge in [0.2, 0.25) is 0 Å². The van der Waals surface area contributed by atoms with Crippen molar-refractivity contribution in [3.63, 3.8) is 0 Å². The molecule has 1 aromatic heterocycles. The third-order valence-corrected chi connectivity index (χ3v) is 4.07. The molecule has 0 bridgehead atoms. The maximum atomic E-state index is 5.83. The van der Waals surface area contributed by atoms with Gasteiger partial charge in [-0.25, -0.2) is 0 Å². The molecule has 2 heterocycles. The first-order valence-electron chi connectivity index (χ1n) is 5.31. The van der Waals surface area contributed by atoms with Crippen LogP contribution < -0.4 is 10.6 Å². The summed E-state index contributed by atoms with van der Waals surface area (Å²) in [6.45, 7) is 5.89. The lowest BCUT2D eigenvalue weighted by molar-refractivity contribution is 0.522. The van der Waals surface area contributed by atoms with Crippen LogP contribution in [-0.2, 0) is 0 Å². The largest absolute Gasteiger partial charge is 0.456 e. The molecule has 0 radical (unpaired) electrons. The third kappa shape index (κ3) is 2.57. The van der Waals surface area contributed by atoms with Crippen LogP contribution in [0, 0.1) is 0 Å². The van der Waals surface area contributed by atoms with E-state index in [9.17, 15) is 0 Å². The molecule has 0 saturated heterocycles. The highest BCUT2D eigenvalue weighted by molar-refractivity contribution is 7.68. The molecule has 1 atom stereocenters. The molecule has 0 amide bonds. The zero-order chi connectivity index (χ0) is 12.3. The van der Waals surface area contributed by atoms with Crippen molar-refractivity contribution in [2.45, 2.75) is 0 Å². The minimum absolute atomic E-state index is 0.209. The Morgan fingerprint density at radius 2 is 2.29 bits per heavy atom. The van der Waals surface area contributed by atoms with Crippen molar-refractivity contribution in [3.05, 3.63) is 52.6 Å². The van der Waals surface area contributed by atoms with Gasteiger partial charge < -0.3 is 4.42 Å². The number of fused-ring (bicyclic) bond motifs is 1. The van der Waals surface area contributed by atoms with E-state index in [-0.39, 0.29) is 7.92 Å². The number of allylic oxidation sites excluding steroid dienone is 3. The SMILES string of the molecule is C=C/C=C\c1oc2c(c1C=P)=CP(C)C=CC=2. The highest BCUT2D eigenvalue weighted by atomic mass is 31.1. The van der Waals surface area contributed by atoms with Gasteiger partial charge in [-0.05, 0) is 30.4 Å². The van der Waals surface area contributed by atoms with Crippen LogP contribution in [0.15, 0.2) is 35.0 Å². The van der Waals surface area contributed by atoms with E-state index >= 15 is 0 Å². The van der Waals surface area contributed by atoms with Gasteiger partial charge in [0.25, 0.3) is 0 Å². The summed E-state index contributed by atoms with van der Waals surface area (Å²) >= 11 is 0. The zero-order valence-corrected chi connectivity index (χ0v) is 11.6. The van der Waals surface area contributed by atoms with Gasteiger partial charge in [-0.2, -0.15) is 0 Å². The lowest BCUT2D eigenvalue weighted by atomic mass is 10.2. The van der Waals surface area contributed by atoms with Gasteiger partial charge in [-0.3, -0.25) is 0 Å². The van der Waals surface area contributed by atoms with E-state index < -0.39 is 0 Å². The molecule has 1 nitrogen and oxygen atoms in total. The third-order valence-electron chi connectivity index (χ3n) is 2.47. The molecule has 2 rings (SSSR count). The first kappa shape index (κ1) is 12.3. The normalized spacial score (nSPS) is 18.1. The maximum absolute atomic E-state index is 5.83. The Kier molecular flexibility index (Phi) is 3.94. The highest BCUT2D eigenvalue weighted by Gasteiger charge is 2.08. The standard InChI is InChI=1S/C14H14OP2/c1-3-4-6-13-11(9-16)12-10-17(2)8-5-7-14(12)15-13/h3-10,16H,1H2,2H3/b6-4-. The molecular formula is C14H14OP2. The second-order valence-corrected chi connectivity index (χ2v) is 5.88. The lowest BCUT2D eigenvalue weighted by Gasteiger charge is -1.95. The van der Waals surface area contributed by atoms with Gasteiger partial charge in [-0.1, -0.05) is 38.5 Å². The summed E-state index contributed by atoms with van der Waals surface area (Å²) in [5, 5.41) is 1.17. The van der Waals surface area contributed by atoms with Crippen molar-refractivity contribution in [2.75, 3.05) is 6.66 Å². The van der Waals surface area contributed by atoms with Crippen LogP contribution in [0.2, 0.25) is 0 Å². The smallest absolute Gasteiger partial charge is 0.135 e. The van der Waals surface area contributed by atoms with E-state index in [0.29, 0.717) is 0 Å². The zero-order valence-electron chi connectivity index (χ0n) is 9.68. The van der Waals surface area contributed by atoms with Crippen molar-refractivity contribution in [2.24, 2.45) is 0 Å². The first-order chi connectivity index (χ1) is 8.26. The van der Waals surface area contributed by atoms with Crippen LogP contribution in [0.1, 0.15) is 11.3 Å². The van der Waals surface area contributed by atoms with Crippen molar-refractivity contribution < 1.29 is 4.42 Å². The number of hydrogen-bond donors (Lipinski definition) is 0. The molecule has 3 heteroatoms. The van der Waals surface area contributed by atoms with E-state index in [1.54, 1.807) is 6.08 Å². The van der Waals surface area contributed by atoms with Crippen molar-refractivity contribution in [3.8, 4) is 0 Å². The van der Waals surface area contributed by atoms with E-state index in [1.165, 1.54) is 5.22 Å².